The molecular formula is C28H24BF2N3O2. The van der Waals surface area contributed by atoms with E-state index < -0.39 is 17.0 Å². The number of nitrogens with two attached hydrogens (primary N) is 1. The van der Waals surface area contributed by atoms with Gasteiger partial charge in [0.05, 0.1) is 30.5 Å². The molecule has 36 heavy (non-hydrogen) atoms. The number of aliphatic imine (C=N–C) groups is 1. The molecule has 0 saturated heterocycles. The lowest BCUT2D eigenvalue weighted by Gasteiger charge is -2.37. The molecule has 8 heteroatoms. The lowest BCUT2D eigenvalue weighted by atomic mass is 9.64. The highest BCUT2D eigenvalue weighted by molar-refractivity contribution is 6.39. The Balaban J connectivity index is 1.59. The van der Waals surface area contributed by atoms with Crippen LogP contribution in [0.2, 0.25) is 0 Å². The fourth-order valence-corrected chi connectivity index (χ4v) is 5.01. The van der Waals surface area contributed by atoms with Gasteiger partial charge in [-0.25, -0.2) is 13.8 Å². The molecule has 1 amide bonds. The van der Waals surface area contributed by atoms with Gasteiger partial charge in [-0.3, -0.25) is 4.79 Å². The standard InChI is InChI=1S/C28H24BF2N3O2/c1-36-20-6-3-17(4-7-20)16-34-26-21(28(27(34)35)10-2-11-28)13-18(14-22(26)29)24(9-12-32)33-25-8-5-19(30)15-23(25)31/h3-9,12-15H,2,10-11,16,32H2,1H3. The van der Waals surface area contributed by atoms with Crippen LogP contribution in [0.3, 0.4) is 0 Å². The molecule has 1 aliphatic heterocycles. The number of allylic oxidation sites excluding steroid dienone is 1. The van der Waals surface area contributed by atoms with Crippen LogP contribution >= 0.6 is 0 Å². The molecule has 1 fully saturated rings. The van der Waals surface area contributed by atoms with Crippen LogP contribution in [-0.2, 0) is 16.8 Å². The van der Waals surface area contributed by atoms with Crippen molar-refractivity contribution in [3.05, 3.63) is 95.2 Å². The van der Waals surface area contributed by atoms with Crippen LogP contribution in [0.5, 0.6) is 5.75 Å². The van der Waals surface area contributed by atoms with Gasteiger partial charge >= 0.3 is 0 Å². The number of hydrogen-bond acceptors (Lipinski definition) is 4. The van der Waals surface area contributed by atoms with Gasteiger partial charge in [0.1, 0.15) is 19.4 Å². The van der Waals surface area contributed by atoms with Gasteiger partial charge in [-0.05, 0) is 66.6 Å². The van der Waals surface area contributed by atoms with Gasteiger partial charge in [0.2, 0.25) is 5.91 Å². The molecule has 5 rings (SSSR count). The van der Waals surface area contributed by atoms with Gasteiger partial charge in [-0.1, -0.05) is 30.1 Å². The Bertz CT molecular complexity index is 1400. The number of carbonyl (C=O) groups is 1. The maximum Gasteiger partial charge on any atom is 0.238 e. The highest BCUT2D eigenvalue weighted by Gasteiger charge is 2.54. The van der Waals surface area contributed by atoms with E-state index >= 15 is 0 Å². The zero-order chi connectivity index (χ0) is 25.4. The average molecular weight is 483 g/mol. The molecule has 1 heterocycles. The number of anilines is 1. The summed E-state index contributed by atoms with van der Waals surface area (Å²) < 4.78 is 32.9. The first-order chi connectivity index (χ1) is 17.4. The Morgan fingerprint density at radius 3 is 2.53 bits per heavy atom. The highest BCUT2D eigenvalue weighted by Crippen LogP contribution is 2.53. The zero-order valence-corrected chi connectivity index (χ0v) is 19.8. The van der Waals surface area contributed by atoms with Crippen molar-refractivity contribution in [2.75, 3.05) is 12.0 Å². The SMILES string of the molecule is [B]c1cc(C(C=CN)=Nc2ccc(F)cc2F)cc2c1N(Cc1ccc(OC)cc1)C(=O)C21CCC1. The highest BCUT2D eigenvalue weighted by atomic mass is 19.1. The van der Waals surface area contributed by atoms with E-state index in [9.17, 15) is 13.6 Å². The van der Waals surface area contributed by atoms with Gasteiger partial charge in [0, 0.05) is 17.3 Å². The van der Waals surface area contributed by atoms with E-state index in [-0.39, 0.29) is 11.6 Å². The molecule has 1 saturated carbocycles. The van der Waals surface area contributed by atoms with E-state index in [1.165, 1.54) is 18.3 Å². The molecule has 0 unspecified atom stereocenters. The summed E-state index contributed by atoms with van der Waals surface area (Å²) in [5.41, 5.74) is 8.87. The summed E-state index contributed by atoms with van der Waals surface area (Å²) in [6.07, 6.45) is 5.22. The zero-order valence-electron chi connectivity index (χ0n) is 19.8. The molecule has 2 aliphatic rings. The van der Waals surface area contributed by atoms with Crippen molar-refractivity contribution in [3.8, 4) is 5.75 Å². The van der Waals surface area contributed by atoms with Crippen molar-refractivity contribution in [1.29, 1.82) is 0 Å². The van der Waals surface area contributed by atoms with Gasteiger partial charge in [0.25, 0.3) is 0 Å². The molecule has 3 aromatic carbocycles. The smallest absolute Gasteiger partial charge is 0.238 e. The Kier molecular flexibility index (Phi) is 6.12. The summed E-state index contributed by atoms with van der Waals surface area (Å²) >= 11 is 0. The molecule has 3 aromatic rings. The molecule has 2 N–H and O–H groups in total. The van der Waals surface area contributed by atoms with E-state index in [0.717, 1.165) is 48.3 Å². The minimum Gasteiger partial charge on any atom is -0.497 e. The molecule has 0 aromatic heterocycles. The summed E-state index contributed by atoms with van der Waals surface area (Å²) in [6.45, 7) is 0.381. The van der Waals surface area contributed by atoms with E-state index in [4.69, 9.17) is 18.3 Å². The van der Waals surface area contributed by atoms with Crippen LogP contribution < -0.4 is 20.8 Å². The molecule has 1 aliphatic carbocycles. The van der Waals surface area contributed by atoms with E-state index in [0.29, 0.717) is 29.0 Å². The number of methoxy groups -OCH3 is 1. The number of carbonyl (C=O) groups excluding carboxylic acids is 1. The predicted molar refractivity (Wildman–Crippen MR) is 137 cm³/mol. The van der Waals surface area contributed by atoms with Crippen LogP contribution in [0.25, 0.3) is 0 Å². The van der Waals surface area contributed by atoms with Gasteiger partial charge in [0.15, 0.2) is 5.82 Å². The summed E-state index contributed by atoms with van der Waals surface area (Å²) in [4.78, 5) is 19.9. The summed E-state index contributed by atoms with van der Waals surface area (Å²) in [5.74, 6) is -0.709. The predicted octanol–water partition coefficient (Wildman–Crippen LogP) is 4.33. The topological polar surface area (TPSA) is 67.9 Å². The van der Waals surface area contributed by atoms with Crippen molar-refractivity contribution in [2.45, 2.75) is 31.2 Å². The summed E-state index contributed by atoms with van der Waals surface area (Å²) in [5, 5.41) is 0. The monoisotopic (exact) mass is 483 g/mol. The first kappa shape index (κ1) is 23.8. The number of nitrogens with zero attached hydrogens (tertiary/aromatic N) is 2. The number of rotatable bonds is 6. The van der Waals surface area contributed by atoms with Crippen molar-refractivity contribution in [2.24, 2.45) is 10.7 Å². The molecule has 5 nitrogen and oxygen atoms in total. The first-order valence-electron chi connectivity index (χ1n) is 11.7. The van der Waals surface area contributed by atoms with Gasteiger partial charge in [-0.2, -0.15) is 0 Å². The first-order valence-corrected chi connectivity index (χ1v) is 11.7. The van der Waals surface area contributed by atoms with Crippen molar-refractivity contribution in [1.82, 2.24) is 0 Å². The summed E-state index contributed by atoms with van der Waals surface area (Å²) in [6, 6.07) is 14.4. The maximum atomic E-state index is 14.3. The fraction of sp³-hybridized carbons (Fsp3) is 0.214. The van der Waals surface area contributed by atoms with Gasteiger partial charge in [-0.15, -0.1) is 0 Å². The van der Waals surface area contributed by atoms with Crippen LogP contribution in [-0.4, -0.2) is 26.6 Å². The Labute approximate surface area is 209 Å². The number of hydrogen-bond donors (Lipinski definition) is 1. The number of amides is 1. The minimum absolute atomic E-state index is 0.0286. The molecule has 1 spiro atoms. The minimum atomic E-state index is -0.789. The molecule has 0 bridgehead atoms. The Morgan fingerprint density at radius 2 is 1.92 bits per heavy atom. The lowest BCUT2D eigenvalue weighted by Crippen LogP contribution is -2.45. The number of halogens is 2. The number of ether oxygens (including phenoxy) is 1. The Morgan fingerprint density at radius 1 is 1.17 bits per heavy atom. The van der Waals surface area contributed by atoms with E-state index in [1.807, 2.05) is 30.3 Å². The lowest BCUT2D eigenvalue weighted by molar-refractivity contribution is -0.126. The molecular weight excluding hydrogens is 459 g/mol. The van der Waals surface area contributed by atoms with Crippen LogP contribution in [0.4, 0.5) is 20.2 Å². The second-order valence-electron chi connectivity index (χ2n) is 9.09. The van der Waals surface area contributed by atoms with Crippen LogP contribution in [0.15, 0.2) is 71.9 Å². The largest absolute Gasteiger partial charge is 0.497 e. The van der Waals surface area contributed by atoms with Crippen molar-refractivity contribution >= 4 is 36.3 Å². The molecule has 2 radical (unpaired) electrons. The molecule has 180 valence electrons. The van der Waals surface area contributed by atoms with Crippen molar-refractivity contribution < 1.29 is 18.3 Å². The van der Waals surface area contributed by atoms with E-state index in [2.05, 4.69) is 4.99 Å². The maximum absolute atomic E-state index is 14.3. The fourth-order valence-electron chi connectivity index (χ4n) is 5.01. The van der Waals surface area contributed by atoms with Crippen LogP contribution in [0.1, 0.15) is 36.0 Å². The second kappa shape index (κ2) is 9.26. The molecule has 0 atom stereocenters. The van der Waals surface area contributed by atoms with E-state index in [1.54, 1.807) is 18.1 Å². The third kappa shape index (κ3) is 3.96. The number of fused-ring (bicyclic) bond motifs is 2. The normalized spacial score (nSPS) is 16.5. The third-order valence-corrected chi connectivity index (χ3v) is 6.99. The third-order valence-electron chi connectivity index (χ3n) is 6.99. The van der Waals surface area contributed by atoms with Crippen molar-refractivity contribution in [3.63, 3.8) is 0 Å². The second-order valence-corrected chi connectivity index (χ2v) is 9.09. The van der Waals surface area contributed by atoms with Crippen LogP contribution in [0, 0.1) is 11.6 Å². The quantitative estimate of drug-likeness (QED) is 0.420. The average Bonchev–Trinajstić information content (AvgIpc) is 3.09. The Hall–Kier alpha value is -3.94. The number of benzene rings is 3. The summed E-state index contributed by atoms with van der Waals surface area (Å²) in [7, 11) is 8.16. The van der Waals surface area contributed by atoms with Gasteiger partial charge < -0.3 is 15.4 Å².